The minimum atomic E-state index is -0.792. The molecule has 1 nitrogen and oxygen atoms in total. The van der Waals surface area contributed by atoms with Gasteiger partial charge in [0.15, 0.2) is 11.6 Å². The Morgan fingerprint density at radius 1 is 1.10 bits per heavy atom. The number of nitrogens with one attached hydrogen (secondary N) is 1. The Bertz CT molecular complexity index is 646. The molecule has 0 aliphatic carbocycles. The maximum Gasteiger partial charge on any atom is 0.164 e. The number of hydrogen-bond acceptors (Lipinski definition) is 1. The summed E-state index contributed by atoms with van der Waals surface area (Å²) in [5.74, 6) is -1.58. The second-order valence-corrected chi connectivity index (χ2v) is 6.57. The van der Waals surface area contributed by atoms with E-state index in [1.807, 2.05) is 18.2 Å². The minimum absolute atomic E-state index is 0.310. The van der Waals surface area contributed by atoms with Crippen LogP contribution in [0.5, 0.6) is 0 Å². The van der Waals surface area contributed by atoms with Gasteiger partial charge in [-0.05, 0) is 65.9 Å². The minimum Gasteiger partial charge on any atom is -0.309 e. The van der Waals surface area contributed by atoms with E-state index in [1.54, 1.807) is 26.1 Å². The van der Waals surface area contributed by atoms with E-state index in [0.717, 1.165) is 13.6 Å². The van der Waals surface area contributed by atoms with Crippen molar-refractivity contribution in [2.24, 2.45) is 0 Å². The molecule has 0 spiro atoms. The molecular weight excluding hydrogens is 439 g/mol. The molecule has 1 N–H and O–H groups in total. The zero-order valence-electron chi connectivity index (χ0n) is 11.0. The monoisotopic (exact) mass is 451 g/mol. The predicted octanol–water partition coefficient (Wildman–Crippen LogP) is 4.95. The van der Waals surface area contributed by atoms with Crippen LogP contribution in [0, 0.1) is 22.1 Å². The van der Waals surface area contributed by atoms with E-state index in [9.17, 15) is 8.78 Å². The van der Waals surface area contributed by atoms with E-state index >= 15 is 0 Å². The van der Waals surface area contributed by atoms with Crippen molar-refractivity contribution >= 4 is 38.5 Å². The molecule has 106 valence electrons. The van der Waals surface area contributed by atoms with Gasteiger partial charge in [-0.2, -0.15) is 0 Å². The first-order valence-electron chi connectivity index (χ1n) is 6.02. The van der Waals surface area contributed by atoms with Crippen LogP contribution in [-0.2, 0) is 0 Å². The van der Waals surface area contributed by atoms with Gasteiger partial charge in [0.25, 0.3) is 0 Å². The highest BCUT2D eigenvalue weighted by atomic mass is 127. The number of benzene rings is 2. The van der Waals surface area contributed by atoms with Crippen LogP contribution < -0.4 is 5.32 Å². The Kier molecular flexibility index (Phi) is 5.14. The van der Waals surface area contributed by atoms with Gasteiger partial charge in [-0.25, -0.2) is 8.78 Å². The third kappa shape index (κ3) is 3.04. The van der Waals surface area contributed by atoms with Crippen molar-refractivity contribution < 1.29 is 8.78 Å². The van der Waals surface area contributed by atoms with Crippen molar-refractivity contribution in [2.75, 3.05) is 7.05 Å². The molecule has 1 unspecified atom stereocenters. The van der Waals surface area contributed by atoms with Gasteiger partial charge < -0.3 is 5.32 Å². The van der Waals surface area contributed by atoms with Crippen LogP contribution in [0.25, 0.3) is 0 Å². The fourth-order valence-corrected chi connectivity index (χ4v) is 3.12. The maximum absolute atomic E-state index is 14.2. The SMILES string of the molecule is CNC(c1cc(Br)ccc1I)c1ccc(C)c(F)c1F. The summed E-state index contributed by atoms with van der Waals surface area (Å²) in [7, 11) is 1.73. The number of rotatable bonds is 3. The maximum atomic E-state index is 14.2. The summed E-state index contributed by atoms with van der Waals surface area (Å²) in [4.78, 5) is 0. The molecule has 0 aliphatic heterocycles. The summed E-state index contributed by atoms with van der Waals surface area (Å²) in [6, 6.07) is 8.61. The zero-order valence-corrected chi connectivity index (χ0v) is 14.7. The molecule has 0 heterocycles. The molecule has 0 fully saturated rings. The van der Waals surface area contributed by atoms with Crippen LogP contribution in [0.2, 0.25) is 0 Å². The van der Waals surface area contributed by atoms with Crippen molar-refractivity contribution in [1.82, 2.24) is 5.32 Å². The number of aryl methyl sites for hydroxylation is 1. The second kappa shape index (κ2) is 6.49. The fourth-order valence-electron chi connectivity index (χ4n) is 2.10. The molecule has 0 saturated carbocycles. The molecule has 2 rings (SSSR count). The van der Waals surface area contributed by atoms with E-state index < -0.39 is 17.7 Å². The van der Waals surface area contributed by atoms with Crippen LogP contribution >= 0.6 is 38.5 Å². The molecule has 20 heavy (non-hydrogen) atoms. The number of halogens is 4. The zero-order chi connectivity index (χ0) is 14.9. The van der Waals surface area contributed by atoms with Gasteiger partial charge >= 0.3 is 0 Å². The Morgan fingerprint density at radius 3 is 2.45 bits per heavy atom. The van der Waals surface area contributed by atoms with E-state index in [4.69, 9.17) is 0 Å². The summed E-state index contributed by atoms with van der Waals surface area (Å²) in [5.41, 5.74) is 1.53. The summed E-state index contributed by atoms with van der Waals surface area (Å²) in [6.45, 7) is 1.55. The van der Waals surface area contributed by atoms with Gasteiger partial charge in [0.2, 0.25) is 0 Å². The standard InChI is InChI=1S/C15H13BrF2IN/c1-8-3-5-10(14(18)13(8)17)15(20-2)11-7-9(16)4-6-12(11)19/h3-7,15,20H,1-2H3. The summed E-state index contributed by atoms with van der Waals surface area (Å²) in [6.07, 6.45) is 0. The highest BCUT2D eigenvalue weighted by molar-refractivity contribution is 14.1. The Morgan fingerprint density at radius 2 is 1.80 bits per heavy atom. The average molecular weight is 452 g/mol. The summed E-state index contributed by atoms with van der Waals surface area (Å²) < 4.78 is 29.9. The van der Waals surface area contributed by atoms with Crippen molar-refractivity contribution in [1.29, 1.82) is 0 Å². The van der Waals surface area contributed by atoms with Crippen LogP contribution in [-0.4, -0.2) is 7.05 Å². The van der Waals surface area contributed by atoms with Gasteiger partial charge in [-0.15, -0.1) is 0 Å². The van der Waals surface area contributed by atoms with Gasteiger partial charge in [0.1, 0.15) is 0 Å². The smallest absolute Gasteiger partial charge is 0.164 e. The molecule has 2 aromatic carbocycles. The largest absolute Gasteiger partial charge is 0.309 e. The molecule has 5 heteroatoms. The molecule has 0 aliphatic rings. The van der Waals surface area contributed by atoms with E-state index in [0.29, 0.717) is 11.1 Å². The highest BCUT2D eigenvalue weighted by Crippen LogP contribution is 2.31. The van der Waals surface area contributed by atoms with Crippen LogP contribution in [0.4, 0.5) is 8.78 Å². The van der Waals surface area contributed by atoms with Gasteiger partial charge in [0.05, 0.1) is 6.04 Å². The normalized spacial score (nSPS) is 12.5. The number of hydrogen-bond donors (Lipinski definition) is 1. The highest BCUT2D eigenvalue weighted by Gasteiger charge is 2.21. The van der Waals surface area contributed by atoms with E-state index in [-0.39, 0.29) is 0 Å². The molecule has 0 saturated heterocycles. The lowest BCUT2D eigenvalue weighted by molar-refractivity contribution is 0.482. The third-order valence-electron chi connectivity index (χ3n) is 3.17. The summed E-state index contributed by atoms with van der Waals surface area (Å²) >= 11 is 5.60. The summed E-state index contributed by atoms with van der Waals surface area (Å²) in [5, 5.41) is 3.06. The van der Waals surface area contributed by atoms with Crippen molar-refractivity contribution in [3.8, 4) is 0 Å². The Labute approximate surface area is 139 Å². The van der Waals surface area contributed by atoms with Gasteiger partial charge in [-0.1, -0.05) is 28.1 Å². The first kappa shape index (κ1) is 15.9. The van der Waals surface area contributed by atoms with Crippen molar-refractivity contribution in [3.05, 3.63) is 66.7 Å². The van der Waals surface area contributed by atoms with Crippen molar-refractivity contribution in [2.45, 2.75) is 13.0 Å². The average Bonchev–Trinajstić information content (AvgIpc) is 2.43. The van der Waals surface area contributed by atoms with E-state index in [2.05, 4.69) is 43.8 Å². The van der Waals surface area contributed by atoms with Gasteiger partial charge in [-0.3, -0.25) is 0 Å². The molecule has 0 aromatic heterocycles. The topological polar surface area (TPSA) is 12.0 Å². The second-order valence-electron chi connectivity index (χ2n) is 4.49. The van der Waals surface area contributed by atoms with Crippen molar-refractivity contribution in [3.63, 3.8) is 0 Å². The fraction of sp³-hybridized carbons (Fsp3) is 0.200. The molecule has 0 radical (unpaired) electrons. The van der Waals surface area contributed by atoms with Crippen LogP contribution in [0.15, 0.2) is 34.8 Å². The Hall–Kier alpha value is -0.530. The lowest BCUT2D eigenvalue weighted by Crippen LogP contribution is -2.20. The molecule has 2 aromatic rings. The lowest BCUT2D eigenvalue weighted by Gasteiger charge is -2.20. The quantitative estimate of drug-likeness (QED) is 0.651. The third-order valence-corrected chi connectivity index (χ3v) is 4.65. The Balaban J connectivity index is 2.58. The molecule has 0 amide bonds. The predicted molar refractivity (Wildman–Crippen MR) is 88.9 cm³/mol. The first-order chi connectivity index (χ1) is 9.45. The molecule has 0 bridgehead atoms. The van der Waals surface area contributed by atoms with Gasteiger partial charge in [0, 0.05) is 13.6 Å². The lowest BCUT2D eigenvalue weighted by atomic mass is 9.97. The molecule has 1 atom stereocenters. The first-order valence-corrected chi connectivity index (χ1v) is 7.89. The van der Waals surface area contributed by atoms with Crippen LogP contribution in [0.1, 0.15) is 22.7 Å². The van der Waals surface area contributed by atoms with E-state index in [1.165, 1.54) is 0 Å². The molecular formula is C15H13BrF2IN. The van der Waals surface area contributed by atoms with Crippen LogP contribution in [0.3, 0.4) is 0 Å².